The molecule has 1 fully saturated rings. The van der Waals surface area contributed by atoms with Crippen LogP contribution in [0.5, 0.6) is 0 Å². The van der Waals surface area contributed by atoms with Crippen LogP contribution in [0, 0.1) is 27.7 Å². The largest absolute Gasteiger partial charge is 0.318 e. The number of thiocarbonyl (C=S) groups is 1. The first-order valence-corrected chi connectivity index (χ1v) is 10.4. The fourth-order valence-electron chi connectivity index (χ4n) is 3.87. The summed E-state index contributed by atoms with van der Waals surface area (Å²) in [5, 5.41) is 2.75. The Morgan fingerprint density at radius 2 is 1.61 bits per heavy atom. The summed E-state index contributed by atoms with van der Waals surface area (Å²) in [6.45, 7) is 7.94. The number of nitrogens with zero attached hydrogens (tertiary/aromatic N) is 2. The van der Waals surface area contributed by atoms with Crippen LogP contribution in [0.3, 0.4) is 0 Å². The molecule has 2 aromatic carbocycles. The molecule has 0 atom stereocenters. The highest BCUT2D eigenvalue weighted by molar-refractivity contribution is 7.80. The molecule has 5 nitrogen and oxygen atoms in total. The first kappa shape index (κ1) is 20.8. The molecule has 1 aromatic heterocycles. The predicted molar refractivity (Wildman–Crippen MR) is 127 cm³/mol. The van der Waals surface area contributed by atoms with E-state index in [9.17, 15) is 9.59 Å². The Hall–Kier alpha value is -3.51. The first-order chi connectivity index (χ1) is 14.8. The molecule has 4 rings (SSSR count). The molecule has 1 aliphatic rings. The van der Waals surface area contributed by atoms with Crippen molar-refractivity contribution in [3.05, 3.63) is 88.2 Å². The minimum absolute atomic E-state index is 0.0565. The van der Waals surface area contributed by atoms with Gasteiger partial charge in [0.15, 0.2) is 5.11 Å². The molecule has 0 aliphatic carbocycles. The van der Waals surface area contributed by atoms with E-state index in [4.69, 9.17) is 12.2 Å². The topological polar surface area (TPSA) is 54.3 Å². The Kier molecular flexibility index (Phi) is 5.33. The zero-order valence-corrected chi connectivity index (χ0v) is 18.7. The van der Waals surface area contributed by atoms with Gasteiger partial charge in [-0.1, -0.05) is 35.9 Å². The van der Waals surface area contributed by atoms with E-state index in [2.05, 4.69) is 34.1 Å². The number of benzene rings is 2. The van der Waals surface area contributed by atoms with Gasteiger partial charge in [0.2, 0.25) is 0 Å². The summed E-state index contributed by atoms with van der Waals surface area (Å²) in [6.07, 6.45) is 1.65. The first-order valence-electron chi connectivity index (χ1n) is 10.0. The lowest BCUT2D eigenvalue weighted by atomic mass is 10.1. The van der Waals surface area contributed by atoms with Gasteiger partial charge in [-0.05, 0) is 81.4 Å². The van der Waals surface area contributed by atoms with Crippen molar-refractivity contribution in [3.63, 3.8) is 0 Å². The Balaban J connectivity index is 1.77. The van der Waals surface area contributed by atoms with Gasteiger partial charge in [-0.15, -0.1) is 0 Å². The van der Waals surface area contributed by atoms with Gasteiger partial charge in [0.05, 0.1) is 5.69 Å². The van der Waals surface area contributed by atoms with Crippen molar-refractivity contribution in [2.45, 2.75) is 27.7 Å². The van der Waals surface area contributed by atoms with Gasteiger partial charge in [-0.2, -0.15) is 0 Å². The van der Waals surface area contributed by atoms with E-state index in [0.717, 1.165) is 28.2 Å². The number of aromatic nitrogens is 1. The van der Waals surface area contributed by atoms with Crippen molar-refractivity contribution in [2.24, 2.45) is 0 Å². The van der Waals surface area contributed by atoms with Crippen LogP contribution in [0.2, 0.25) is 0 Å². The Morgan fingerprint density at radius 3 is 2.29 bits per heavy atom. The summed E-state index contributed by atoms with van der Waals surface area (Å²) in [7, 11) is 0. The number of aryl methyl sites for hydroxylation is 3. The number of para-hydroxylation sites is 1. The van der Waals surface area contributed by atoms with Gasteiger partial charge < -0.3 is 4.57 Å². The number of rotatable bonds is 3. The summed E-state index contributed by atoms with van der Waals surface area (Å²) in [5.74, 6) is -0.914. The van der Waals surface area contributed by atoms with Crippen LogP contribution in [0.15, 0.2) is 60.2 Å². The van der Waals surface area contributed by atoms with Gasteiger partial charge in [0.25, 0.3) is 11.8 Å². The number of hydrogen-bond donors (Lipinski definition) is 1. The maximum atomic E-state index is 13.3. The molecule has 1 aliphatic heterocycles. The molecule has 6 heteroatoms. The van der Waals surface area contributed by atoms with Gasteiger partial charge in [0.1, 0.15) is 5.57 Å². The lowest BCUT2D eigenvalue weighted by molar-refractivity contribution is -0.122. The number of carbonyl (C=O) groups excluding carboxylic acids is 2. The minimum atomic E-state index is -0.486. The molecule has 156 valence electrons. The van der Waals surface area contributed by atoms with E-state index in [1.54, 1.807) is 6.08 Å². The molecule has 0 spiro atoms. The van der Waals surface area contributed by atoms with E-state index in [-0.39, 0.29) is 10.7 Å². The number of anilines is 1. The van der Waals surface area contributed by atoms with E-state index in [0.29, 0.717) is 5.69 Å². The maximum Gasteiger partial charge on any atom is 0.270 e. The van der Waals surface area contributed by atoms with E-state index >= 15 is 0 Å². The van der Waals surface area contributed by atoms with Crippen LogP contribution < -0.4 is 10.2 Å². The third kappa shape index (κ3) is 3.70. The fourth-order valence-corrected chi connectivity index (χ4v) is 4.14. The summed E-state index contributed by atoms with van der Waals surface area (Å²) in [6, 6.07) is 17.7. The number of carbonyl (C=O) groups is 2. The van der Waals surface area contributed by atoms with Crippen molar-refractivity contribution < 1.29 is 9.59 Å². The Morgan fingerprint density at radius 1 is 0.935 bits per heavy atom. The zero-order chi connectivity index (χ0) is 22.3. The Bertz CT molecular complexity index is 1250. The van der Waals surface area contributed by atoms with E-state index in [1.165, 1.54) is 10.5 Å². The third-order valence-electron chi connectivity index (χ3n) is 5.52. The van der Waals surface area contributed by atoms with Crippen LogP contribution in [-0.4, -0.2) is 21.5 Å². The lowest BCUT2D eigenvalue weighted by Crippen LogP contribution is -2.54. The van der Waals surface area contributed by atoms with Crippen molar-refractivity contribution in [1.82, 2.24) is 9.88 Å². The van der Waals surface area contributed by atoms with Gasteiger partial charge in [-0.3, -0.25) is 19.8 Å². The highest BCUT2D eigenvalue weighted by Gasteiger charge is 2.35. The van der Waals surface area contributed by atoms with E-state index in [1.807, 2.05) is 58.0 Å². The molecule has 31 heavy (non-hydrogen) atoms. The molecule has 3 aromatic rings. The Labute approximate surface area is 187 Å². The molecule has 1 saturated heterocycles. The SMILES string of the molecule is Cc1ccc(-n2c(C)cc(C=C3C(=O)NC(=S)N(c4ccccc4C)C3=O)c2C)cc1. The molecule has 1 N–H and O–H groups in total. The monoisotopic (exact) mass is 429 g/mol. The molecule has 0 unspecified atom stereocenters. The van der Waals surface area contributed by atoms with Crippen LogP contribution in [0.1, 0.15) is 28.1 Å². The average molecular weight is 430 g/mol. The third-order valence-corrected chi connectivity index (χ3v) is 5.80. The standard InChI is InChI=1S/C25H23N3O2S/c1-15-9-11-20(12-10-15)27-17(3)13-19(18(27)4)14-21-23(29)26-25(31)28(24(21)30)22-8-6-5-7-16(22)2/h5-14H,1-4H3,(H,26,29,31). The van der Waals surface area contributed by atoms with Gasteiger partial charge in [0, 0.05) is 17.1 Å². The average Bonchev–Trinajstić information content (AvgIpc) is 3.00. The molecule has 2 amide bonds. The lowest BCUT2D eigenvalue weighted by Gasteiger charge is -2.30. The normalized spacial score (nSPS) is 15.5. The van der Waals surface area contributed by atoms with Crippen LogP contribution >= 0.6 is 12.2 Å². The van der Waals surface area contributed by atoms with Crippen molar-refractivity contribution >= 4 is 40.9 Å². The maximum absolute atomic E-state index is 13.3. The summed E-state index contributed by atoms with van der Waals surface area (Å²) in [4.78, 5) is 27.4. The number of hydrogen-bond acceptors (Lipinski definition) is 3. The molecular formula is C25H23N3O2S. The quantitative estimate of drug-likeness (QED) is 0.378. The zero-order valence-electron chi connectivity index (χ0n) is 17.9. The summed E-state index contributed by atoms with van der Waals surface area (Å²) >= 11 is 5.31. The summed E-state index contributed by atoms with van der Waals surface area (Å²) in [5.41, 5.74) is 6.61. The van der Waals surface area contributed by atoms with Crippen LogP contribution in [0.25, 0.3) is 11.8 Å². The summed E-state index contributed by atoms with van der Waals surface area (Å²) < 4.78 is 2.11. The minimum Gasteiger partial charge on any atom is -0.318 e. The van der Waals surface area contributed by atoms with Crippen LogP contribution in [-0.2, 0) is 9.59 Å². The highest BCUT2D eigenvalue weighted by atomic mass is 32.1. The highest BCUT2D eigenvalue weighted by Crippen LogP contribution is 2.27. The fraction of sp³-hybridized carbons (Fsp3) is 0.160. The second-order valence-electron chi connectivity index (χ2n) is 7.74. The number of nitrogens with one attached hydrogen (secondary N) is 1. The van der Waals surface area contributed by atoms with E-state index < -0.39 is 11.8 Å². The van der Waals surface area contributed by atoms with Crippen LogP contribution in [0.4, 0.5) is 5.69 Å². The van der Waals surface area contributed by atoms with Crippen molar-refractivity contribution in [2.75, 3.05) is 4.90 Å². The van der Waals surface area contributed by atoms with Gasteiger partial charge in [-0.25, -0.2) is 0 Å². The van der Waals surface area contributed by atoms with Gasteiger partial charge >= 0.3 is 0 Å². The van der Waals surface area contributed by atoms with Crippen molar-refractivity contribution in [3.8, 4) is 5.69 Å². The number of amides is 2. The molecule has 0 saturated carbocycles. The second-order valence-corrected chi connectivity index (χ2v) is 8.13. The molecule has 2 heterocycles. The smallest absolute Gasteiger partial charge is 0.270 e. The molecule has 0 radical (unpaired) electrons. The molecular weight excluding hydrogens is 406 g/mol. The second kappa shape index (κ2) is 7.96. The molecule has 0 bridgehead atoms. The van der Waals surface area contributed by atoms with Crippen molar-refractivity contribution in [1.29, 1.82) is 0 Å². The predicted octanol–water partition coefficient (Wildman–Crippen LogP) is 4.54.